The maximum absolute atomic E-state index is 6.06. The molecule has 4 heterocycles. The number of pyridine rings is 1. The fraction of sp³-hybridized carbons (Fsp3) is 0.444. The van der Waals surface area contributed by atoms with Crippen molar-refractivity contribution in [2.45, 2.75) is 31.4 Å². The molecule has 2 fully saturated rings. The number of fused-ring (bicyclic) bond motifs is 1. The molecule has 1 saturated heterocycles. The van der Waals surface area contributed by atoms with Crippen molar-refractivity contribution in [3.63, 3.8) is 0 Å². The van der Waals surface area contributed by atoms with Gasteiger partial charge in [-0.15, -0.1) is 11.3 Å². The van der Waals surface area contributed by atoms with Gasteiger partial charge in [0, 0.05) is 30.4 Å². The lowest BCUT2D eigenvalue weighted by molar-refractivity contribution is -0.0341. The number of thiazole rings is 1. The number of rotatable bonds is 4. The summed E-state index contributed by atoms with van der Waals surface area (Å²) in [6.07, 6.45) is 6.49. The van der Waals surface area contributed by atoms with Crippen LogP contribution < -0.4 is 0 Å². The molecule has 0 bridgehead atoms. The fourth-order valence-electron chi connectivity index (χ4n) is 3.56. The summed E-state index contributed by atoms with van der Waals surface area (Å²) in [6, 6.07) is 6.55. The number of ether oxygens (including phenoxy) is 1. The van der Waals surface area contributed by atoms with E-state index in [1.165, 1.54) is 29.1 Å². The summed E-state index contributed by atoms with van der Waals surface area (Å²) in [6.45, 7) is 3.48. The van der Waals surface area contributed by atoms with Crippen LogP contribution in [-0.2, 0) is 11.3 Å². The summed E-state index contributed by atoms with van der Waals surface area (Å²) in [4.78, 5) is 11.5. The van der Waals surface area contributed by atoms with Gasteiger partial charge in [-0.25, -0.2) is 9.97 Å². The topological polar surface area (TPSA) is 42.7 Å². The lowest BCUT2D eigenvalue weighted by atomic mass is 10.1. The van der Waals surface area contributed by atoms with Gasteiger partial charge in [-0.1, -0.05) is 6.07 Å². The van der Waals surface area contributed by atoms with Crippen LogP contribution in [0, 0.1) is 0 Å². The summed E-state index contributed by atoms with van der Waals surface area (Å²) in [7, 11) is 0. The van der Waals surface area contributed by atoms with Crippen molar-refractivity contribution in [3.8, 4) is 0 Å². The normalized spacial score (nSPS) is 22.2. The van der Waals surface area contributed by atoms with E-state index in [4.69, 9.17) is 9.72 Å². The molecule has 5 nitrogen and oxygen atoms in total. The Morgan fingerprint density at radius 3 is 3.04 bits per heavy atom. The second kappa shape index (κ2) is 5.95. The van der Waals surface area contributed by atoms with Crippen molar-refractivity contribution in [1.82, 2.24) is 19.3 Å². The van der Waals surface area contributed by atoms with Crippen LogP contribution in [0.15, 0.2) is 36.1 Å². The number of nitrogens with zero attached hydrogens (tertiary/aromatic N) is 4. The van der Waals surface area contributed by atoms with E-state index in [2.05, 4.69) is 32.5 Å². The van der Waals surface area contributed by atoms with Gasteiger partial charge in [0.1, 0.15) is 11.1 Å². The van der Waals surface area contributed by atoms with E-state index in [9.17, 15) is 0 Å². The first-order chi connectivity index (χ1) is 11.9. The van der Waals surface area contributed by atoms with Gasteiger partial charge in [0.2, 0.25) is 0 Å². The fourth-order valence-corrected chi connectivity index (χ4v) is 4.21. The van der Waals surface area contributed by atoms with Crippen molar-refractivity contribution in [1.29, 1.82) is 0 Å². The first-order valence-electron chi connectivity index (χ1n) is 8.56. The van der Waals surface area contributed by atoms with Crippen LogP contribution in [0.5, 0.6) is 0 Å². The second-order valence-corrected chi connectivity index (χ2v) is 7.61. The maximum Gasteiger partial charge on any atom is 0.114 e. The maximum atomic E-state index is 6.06. The molecule has 0 spiro atoms. The molecule has 0 radical (unpaired) electrons. The third-order valence-electron chi connectivity index (χ3n) is 4.93. The van der Waals surface area contributed by atoms with E-state index in [1.54, 1.807) is 11.3 Å². The van der Waals surface area contributed by atoms with Crippen LogP contribution in [0.1, 0.15) is 41.3 Å². The Morgan fingerprint density at radius 2 is 2.21 bits per heavy atom. The Labute approximate surface area is 144 Å². The first kappa shape index (κ1) is 14.6. The third kappa shape index (κ3) is 2.64. The summed E-state index contributed by atoms with van der Waals surface area (Å²) in [5.74, 6) is 0.712. The van der Waals surface area contributed by atoms with Crippen molar-refractivity contribution < 1.29 is 4.74 Å². The molecule has 3 aromatic heterocycles. The zero-order valence-corrected chi connectivity index (χ0v) is 14.3. The molecule has 0 aromatic carbocycles. The van der Waals surface area contributed by atoms with E-state index in [1.807, 2.05) is 17.9 Å². The highest BCUT2D eigenvalue weighted by atomic mass is 32.1. The zero-order chi connectivity index (χ0) is 15.9. The Kier molecular flexibility index (Phi) is 3.61. The number of imidazole rings is 1. The third-order valence-corrected chi connectivity index (χ3v) is 5.69. The molecule has 0 unspecified atom stereocenters. The van der Waals surface area contributed by atoms with Crippen LogP contribution >= 0.6 is 11.3 Å². The standard InChI is InChI=1S/C18H20N4OS/c1-2-14(13-4-5-13)22-12-20-18(15(22)3-1)16-10-21(7-8-23-16)11-17-19-6-9-24-17/h1-3,6,9,12-13,16H,4-5,7-8,10-11H2/t16-/m1/s1. The SMILES string of the molecule is c1cc(C2CC2)n2cnc([C@H]3CN(Cc4nccs4)CCO3)c2c1. The highest BCUT2D eigenvalue weighted by Gasteiger charge is 2.29. The van der Waals surface area contributed by atoms with Crippen LogP contribution in [-0.4, -0.2) is 39.0 Å². The van der Waals surface area contributed by atoms with Gasteiger partial charge in [-0.3, -0.25) is 4.90 Å². The molecule has 1 atom stereocenters. The number of aromatic nitrogens is 3. The molecule has 5 rings (SSSR count). The van der Waals surface area contributed by atoms with Crippen LogP contribution in [0.4, 0.5) is 0 Å². The molecule has 3 aromatic rings. The first-order valence-corrected chi connectivity index (χ1v) is 9.44. The molecule has 1 aliphatic carbocycles. The predicted octanol–water partition coefficient (Wildman–Crippen LogP) is 3.24. The number of hydrogen-bond donors (Lipinski definition) is 0. The van der Waals surface area contributed by atoms with Crippen LogP contribution in [0.25, 0.3) is 5.52 Å². The summed E-state index contributed by atoms with van der Waals surface area (Å²) < 4.78 is 8.32. The monoisotopic (exact) mass is 340 g/mol. The minimum atomic E-state index is 0.0400. The van der Waals surface area contributed by atoms with E-state index in [-0.39, 0.29) is 6.10 Å². The van der Waals surface area contributed by atoms with Gasteiger partial charge in [0.05, 0.1) is 30.7 Å². The van der Waals surface area contributed by atoms with E-state index in [0.717, 1.165) is 31.9 Å². The molecular formula is C18H20N4OS. The van der Waals surface area contributed by atoms with Crippen molar-refractivity contribution in [2.24, 2.45) is 0 Å². The largest absolute Gasteiger partial charge is 0.369 e. The number of morpholine rings is 1. The van der Waals surface area contributed by atoms with Gasteiger partial charge in [-0.05, 0) is 30.9 Å². The minimum absolute atomic E-state index is 0.0400. The Balaban J connectivity index is 1.41. The van der Waals surface area contributed by atoms with E-state index >= 15 is 0 Å². The average molecular weight is 340 g/mol. The highest BCUT2D eigenvalue weighted by molar-refractivity contribution is 7.09. The molecule has 1 saturated carbocycles. The molecular weight excluding hydrogens is 320 g/mol. The Bertz CT molecular complexity index is 840. The van der Waals surface area contributed by atoms with Crippen molar-refractivity contribution in [2.75, 3.05) is 19.7 Å². The van der Waals surface area contributed by atoms with Gasteiger partial charge in [-0.2, -0.15) is 0 Å². The van der Waals surface area contributed by atoms with Crippen molar-refractivity contribution in [3.05, 3.63) is 52.5 Å². The minimum Gasteiger partial charge on any atom is -0.369 e. The molecule has 124 valence electrons. The van der Waals surface area contributed by atoms with E-state index in [0.29, 0.717) is 5.92 Å². The molecule has 24 heavy (non-hydrogen) atoms. The van der Waals surface area contributed by atoms with Gasteiger partial charge in [0.15, 0.2) is 0 Å². The predicted molar refractivity (Wildman–Crippen MR) is 93.3 cm³/mol. The van der Waals surface area contributed by atoms with Gasteiger partial charge < -0.3 is 9.14 Å². The van der Waals surface area contributed by atoms with Crippen LogP contribution in [0.2, 0.25) is 0 Å². The highest BCUT2D eigenvalue weighted by Crippen LogP contribution is 2.40. The molecule has 0 amide bonds. The average Bonchev–Trinajstić information content (AvgIpc) is 3.15. The molecule has 2 aliphatic rings. The van der Waals surface area contributed by atoms with E-state index < -0.39 is 0 Å². The lowest BCUT2D eigenvalue weighted by Crippen LogP contribution is -2.38. The second-order valence-electron chi connectivity index (χ2n) is 6.63. The number of hydrogen-bond acceptors (Lipinski definition) is 5. The molecule has 6 heteroatoms. The smallest absolute Gasteiger partial charge is 0.114 e. The van der Waals surface area contributed by atoms with Gasteiger partial charge in [0.25, 0.3) is 0 Å². The molecule has 0 N–H and O–H groups in total. The molecule has 1 aliphatic heterocycles. The summed E-state index contributed by atoms with van der Waals surface area (Å²) in [5.41, 5.74) is 3.66. The van der Waals surface area contributed by atoms with Crippen LogP contribution in [0.3, 0.4) is 0 Å². The summed E-state index contributed by atoms with van der Waals surface area (Å²) >= 11 is 1.72. The zero-order valence-electron chi connectivity index (χ0n) is 13.5. The summed E-state index contributed by atoms with van der Waals surface area (Å²) in [5, 5.41) is 3.21. The van der Waals surface area contributed by atoms with Crippen molar-refractivity contribution >= 4 is 16.9 Å². The Hall–Kier alpha value is -1.76. The lowest BCUT2D eigenvalue weighted by Gasteiger charge is -2.31. The Morgan fingerprint density at radius 1 is 1.25 bits per heavy atom. The van der Waals surface area contributed by atoms with Gasteiger partial charge >= 0.3 is 0 Å². The quantitative estimate of drug-likeness (QED) is 0.731.